The molecule has 0 amide bonds. The minimum atomic E-state index is -0.851. The quantitative estimate of drug-likeness (QED) is 0.115. The molecule has 0 aromatic rings. The summed E-state index contributed by atoms with van der Waals surface area (Å²) in [6, 6.07) is 0. The summed E-state index contributed by atoms with van der Waals surface area (Å²) in [6.07, 6.45) is 28.3. The Balaban J connectivity index is 1.85. The molecule has 1 fully saturated rings. The van der Waals surface area contributed by atoms with Gasteiger partial charge in [0.25, 0.3) is 0 Å². The molecule has 4 nitrogen and oxygen atoms in total. The lowest BCUT2D eigenvalue weighted by atomic mass is 9.79. The van der Waals surface area contributed by atoms with Crippen LogP contribution in [0.3, 0.4) is 0 Å². The molecule has 0 bridgehead atoms. The zero-order valence-corrected chi connectivity index (χ0v) is 20.8. The molecule has 2 unspecified atom stereocenters. The van der Waals surface area contributed by atoms with Crippen molar-refractivity contribution in [2.75, 3.05) is 6.61 Å². The number of rotatable bonds is 20. The van der Waals surface area contributed by atoms with Crippen LogP contribution >= 0.6 is 0 Å². The van der Waals surface area contributed by atoms with Gasteiger partial charge in [0.15, 0.2) is 0 Å². The predicted molar refractivity (Wildman–Crippen MR) is 133 cm³/mol. The van der Waals surface area contributed by atoms with E-state index >= 15 is 0 Å². The number of aliphatic carboxylic acids is 1. The second-order valence-corrected chi connectivity index (χ2v) is 9.65. The number of hydrogen-bond donors (Lipinski definition) is 1. The average Bonchev–Trinajstić information content (AvgIpc) is 2.80. The van der Waals surface area contributed by atoms with E-state index in [0.29, 0.717) is 19.4 Å². The molecule has 0 saturated heterocycles. The summed E-state index contributed by atoms with van der Waals surface area (Å²) in [5.41, 5.74) is 0. The molecular weight excluding hydrogens is 400 g/mol. The normalized spacial score (nSPS) is 18.8. The molecule has 0 aromatic carbocycles. The summed E-state index contributed by atoms with van der Waals surface area (Å²) in [5, 5.41) is 9.28. The number of unbranched alkanes of at least 4 members (excludes halogenated alkanes) is 14. The first-order chi connectivity index (χ1) is 15.7. The lowest BCUT2D eigenvalue weighted by Gasteiger charge is -2.26. The Morgan fingerprint density at radius 2 is 1.19 bits per heavy atom. The van der Waals surface area contributed by atoms with E-state index in [1.54, 1.807) is 0 Å². The molecule has 0 radical (unpaired) electrons. The Labute approximate surface area is 197 Å². The number of allylic oxidation sites excluding steroid dienone is 2. The highest BCUT2D eigenvalue weighted by Gasteiger charge is 2.36. The first kappa shape index (κ1) is 28.7. The van der Waals surface area contributed by atoms with Crippen molar-refractivity contribution in [1.82, 2.24) is 0 Å². The van der Waals surface area contributed by atoms with Crippen molar-refractivity contribution in [3.8, 4) is 0 Å². The van der Waals surface area contributed by atoms with E-state index in [-0.39, 0.29) is 5.97 Å². The minimum absolute atomic E-state index is 0.293. The maximum Gasteiger partial charge on any atom is 0.309 e. The van der Waals surface area contributed by atoms with Gasteiger partial charge in [-0.1, -0.05) is 103 Å². The maximum atomic E-state index is 12.2. The van der Waals surface area contributed by atoms with Gasteiger partial charge in [-0.2, -0.15) is 0 Å². The summed E-state index contributed by atoms with van der Waals surface area (Å²) in [5.74, 6) is -2.13. The van der Waals surface area contributed by atoms with Crippen LogP contribution in [0.1, 0.15) is 135 Å². The Hall–Kier alpha value is -1.32. The van der Waals surface area contributed by atoms with Crippen LogP contribution in [0.15, 0.2) is 12.2 Å². The van der Waals surface area contributed by atoms with Crippen molar-refractivity contribution >= 4 is 11.9 Å². The van der Waals surface area contributed by atoms with Crippen molar-refractivity contribution in [1.29, 1.82) is 0 Å². The molecule has 0 heterocycles. The Morgan fingerprint density at radius 1 is 0.719 bits per heavy atom. The summed E-state index contributed by atoms with van der Waals surface area (Å²) >= 11 is 0. The number of esters is 1. The van der Waals surface area contributed by atoms with Crippen LogP contribution in [0.25, 0.3) is 0 Å². The van der Waals surface area contributed by atoms with E-state index in [1.807, 2.05) is 0 Å². The standard InChI is InChI=1S/C28H50O4/c1-2-3-4-5-6-7-8-9-10-11-12-13-14-15-16-17-18-21-24-32-28(31)26-23-20-19-22-25(26)27(29)30/h9-10,25-26H,2-8,11-24H2,1H3,(H,29,30)/b10-9+. The van der Waals surface area contributed by atoms with Crippen molar-refractivity contribution in [2.45, 2.75) is 135 Å². The number of carboxylic acids is 1. The number of hydrogen-bond acceptors (Lipinski definition) is 3. The Kier molecular flexibility index (Phi) is 18.2. The van der Waals surface area contributed by atoms with Gasteiger partial charge in [0.05, 0.1) is 18.4 Å². The Morgan fingerprint density at radius 3 is 1.72 bits per heavy atom. The minimum Gasteiger partial charge on any atom is -0.481 e. The highest BCUT2D eigenvalue weighted by atomic mass is 16.5. The molecule has 1 N–H and O–H groups in total. The fourth-order valence-electron chi connectivity index (χ4n) is 4.69. The first-order valence-corrected chi connectivity index (χ1v) is 13.7. The number of ether oxygens (including phenoxy) is 1. The van der Waals surface area contributed by atoms with Crippen LogP contribution < -0.4 is 0 Å². The van der Waals surface area contributed by atoms with Crippen LogP contribution in [-0.4, -0.2) is 23.7 Å². The zero-order chi connectivity index (χ0) is 23.3. The average molecular weight is 451 g/mol. The molecule has 2 atom stereocenters. The monoisotopic (exact) mass is 450 g/mol. The number of carboxylic acid groups (broad SMARTS) is 1. The van der Waals surface area contributed by atoms with Crippen molar-refractivity contribution in [3.63, 3.8) is 0 Å². The third-order valence-corrected chi connectivity index (χ3v) is 6.79. The lowest BCUT2D eigenvalue weighted by molar-refractivity contribution is -0.159. The van der Waals surface area contributed by atoms with Gasteiger partial charge in [0.2, 0.25) is 0 Å². The van der Waals surface area contributed by atoms with Gasteiger partial charge in [-0.05, 0) is 44.9 Å². The highest BCUT2D eigenvalue weighted by Crippen LogP contribution is 2.31. The molecule has 1 aliphatic carbocycles. The molecule has 4 heteroatoms. The fourth-order valence-corrected chi connectivity index (χ4v) is 4.69. The smallest absolute Gasteiger partial charge is 0.309 e. The van der Waals surface area contributed by atoms with Crippen molar-refractivity contribution in [2.24, 2.45) is 11.8 Å². The highest BCUT2D eigenvalue weighted by molar-refractivity contribution is 5.81. The predicted octanol–water partition coefficient (Wildman–Crippen LogP) is 8.24. The van der Waals surface area contributed by atoms with Gasteiger partial charge >= 0.3 is 11.9 Å². The fraction of sp³-hybridized carbons (Fsp3) is 0.857. The topological polar surface area (TPSA) is 63.6 Å². The molecule has 1 aliphatic rings. The largest absolute Gasteiger partial charge is 0.481 e. The number of carbonyl (C=O) groups excluding carboxylic acids is 1. The summed E-state index contributed by atoms with van der Waals surface area (Å²) in [4.78, 5) is 23.5. The van der Waals surface area contributed by atoms with E-state index < -0.39 is 17.8 Å². The van der Waals surface area contributed by atoms with Crippen LogP contribution in [-0.2, 0) is 14.3 Å². The van der Waals surface area contributed by atoms with Gasteiger partial charge in [0.1, 0.15) is 0 Å². The molecule has 0 aliphatic heterocycles. The SMILES string of the molecule is CCCCCCCC/C=C/CCCCCCCCCCOC(=O)C1CCCCC1C(=O)O. The third kappa shape index (κ3) is 14.7. The molecule has 1 rings (SSSR count). The molecular formula is C28H50O4. The van der Waals surface area contributed by atoms with Crippen molar-refractivity contribution < 1.29 is 19.4 Å². The summed E-state index contributed by atoms with van der Waals surface area (Å²) in [6.45, 7) is 2.70. The van der Waals surface area contributed by atoms with E-state index in [2.05, 4.69) is 19.1 Å². The zero-order valence-electron chi connectivity index (χ0n) is 20.8. The van der Waals surface area contributed by atoms with Crippen LogP contribution in [0.5, 0.6) is 0 Å². The van der Waals surface area contributed by atoms with E-state index in [9.17, 15) is 14.7 Å². The summed E-state index contributed by atoms with van der Waals surface area (Å²) in [7, 11) is 0. The third-order valence-electron chi connectivity index (χ3n) is 6.79. The van der Waals surface area contributed by atoms with Gasteiger partial charge in [-0.15, -0.1) is 0 Å². The summed E-state index contributed by atoms with van der Waals surface area (Å²) < 4.78 is 5.38. The first-order valence-electron chi connectivity index (χ1n) is 13.7. The number of carbonyl (C=O) groups is 2. The second-order valence-electron chi connectivity index (χ2n) is 9.65. The Bertz CT molecular complexity index is 500. The lowest BCUT2D eigenvalue weighted by Crippen LogP contribution is -2.33. The van der Waals surface area contributed by atoms with E-state index in [1.165, 1.54) is 89.9 Å². The van der Waals surface area contributed by atoms with Crippen molar-refractivity contribution in [3.05, 3.63) is 12.2 Å². The molecule has 1 saturated carbocycles. The van der Waals surface area contributed by atoms with Gasteiger partial charge in [-0.3, -0.25) is 9.59 Å². The maximum absolute atomic E-state index is 12.2. The van der Waals surface area contributed by atoms with Gasteiger partial charge in [0, 0.05) is 0 Å². The van der Waals surface area contributed by atoms with Gasteiger partial charge < -0.3 is 9.84 Å². The van der Waals surface area contributed by atoms with Crippen LogP contribution in [0.4, 0.5) is 0 Å². The molecule has 32 heavy (non-hydrogen) atoms. The van der Waals surface area contributed by atoms with E-state index in [0.717, 1.165) is 25.7 Å². The molecule has 0 aromatic heterocycles. The molecule has 0 spiro atoms. The van der Waals surface area contributed by atoms with E-state index in [4.69, 9.17) is 4.74 Å². The molecule has 186 valence electrons. The van der Waals surface area contributed by atoms with Gasteiger partial charge in [-0.25, -0.2) is 0 Å². The van der Waals surface area contributed by atoms with Crippen LogP contribution in [0.2, 0.25) is 0 Å². The second kappa shape index (κ2) is 20.3. The van der Waals surface area contributed by atoms with Crippen LogP contribution in [0, 0.1) is 11.8 Å².